The monoisotopic (exact) mass is 254 g/mol. The van der Waals surface area contributed by atoms with Crippen LogP contribution in [-0.4, -0.2) is 27.3 Å². The van der Waals surface area contributed by atoms with Crippen molar-refractivity contribution in [1.29, 1.82) is 0 Å². The average Bonchev–Trinajstić information content (AvgIpc) is 3.03. The molecule has 0 spiro atoms. The minimum Gasteiger partial charge on any atom is -0.398 e. The molecule has 5 heteroatoms. The predicted molar refractivity (Wildman–Crippen MR) is 68.7 cm³/mol. The minimum absolute atomic E-state index is 0.237. The van der Waals surface area contributed by atoms with Crippen molar-refractivity contribution >= 4 is 15.5 Å². The van der Waals surface area contributed by atoms with E-state index < -0.39 is 9.84 Å². The lowest BCUT2D eigenvalue weighted by Crippen LogP contribution is -2.19. The maximum absolute atomic E-state index is 11.5. The molecule has 3 N–H and O–H groups in total. The summed E-state index contributed by atoms with van der Waals surface area (Å²) in [5, 5.41) is 3.40. The quantitative estimate of drug-likeness (QED) is 0.768. The molecule has 17 heavy (non-hydrogen) atoms. The molecule has 0 unspecified atom stereocenters. The zero-order chi connectivity index (χ0) is 12.5. The van der Waals surface area contributed by atoms with E-state index in [1.165, 1.54) is 19.1 Å². The third-order valence-corrected chi connectivity index (χ3v) is 4.05. The van der Waals surface area contributed by atoms with Crippen molar-refractivity contribution in [2.75, 3.05) is 18.5 Å². The van der Waals surface area contributed by atoms with E-state index >= 15 is 0 Å². The first-order valence-corrected chi connectivity index (χ1v) is 7.68. The van der Waals surface area contributed by atoms with Crippen LogP contribution in [0.4, 0.5) is 5.69 Å². The van der Waals surface area contributed by atoms with E-state index in [2.05, 4.69) is 5.32 Å². The third-order valence-electron chi connectivity index (χ3n) is 2.90. The molecule has 0 aliphatic heterocycles. The number of sulfone groups is 1. The van der Waals surface area contributed by atoms with E-state index in [1.54, 1.807) is 12.1 Å². The van der Waals surface area contributed by atoms with Gasteiger partial charge in [0.25, 0.3) is 0 Å². The second kappa shape index (κ2) is 4.66. The molecule has 0 aromatic heterocycles. The van der Waals surface area contributed by atoms with Gasteiger partial charge in [-0.15, -0.1) is 0 Å². The lowest BCUT2D eigenvalue weighted by Gasteiger charge is -2.07. The highest BCUT2D eigenvalue weighted by molar-refractivity contribution is 7.90. The zero-order valence-corrected chi connectivity index (χ0v) is 10.8. The molecule has 0 radical (unpaired) electrons. The van der Waals surface area contributed by atoms with Crippen LogP contribution in [0, 0.1) is 0 Å². The van der Waals surface area contributed by atoms with Gasteiger partial charge in [0.1, 0.15) is 0 Å². The fourth-order valence-electron chi connectivity index (χ4n) is 1.76. The van der Waals surface area contributed by atoms with Crippen LogP contribution in [-0.2, 0) is 16.3 Å². The van der Waals surface area contributed by atoms with E-state index in [9.17, 15) is 8.42 Å². The summed E-state index contributed by atoms with van der Waals surface area (Å²) in [5.41, 5.74) is 7.00. The van der Waals surface area contributed by atoms with Crippen LogP contribution in [0.2, 0.25) is 0 Å². The van der Waals surface area contributed by atoms with Gasteiger partial charge in [0.05, 0.1) is 10.6 Å². The molecule has 1 fully saturated rings. The van der Waals surface area contributed by atoms with Gasteiger partial charge in [0, 0.05) is 12.3 Å². The second-order valence-electron chi connectivity index (χ2n) is 4.62. The highest BCUT2D eigenvalue weighted by Gasteiger charge is 2.19. The van der Waals surface area contributed by atoms with Crippen LogP contribution < -0.4 is 11.1 Å². The van der Waals surface area contributed by atoms with E-state index in [1.807, 2.05) is 6.07 Å². The molecular weight excluding hydrogens is 236 g/mol. The highest BCUT2D eigenvalue weighted by atomic mass is 32.2. The van der Waals surface area contributed by atoms with Crippen LogP contribution in [0.25, 0.3) is 0 Å². The lowest BCUT2D eigenvalue weighted by atomic mass is 10.1. The summed E-state index contributed by atoms with van der Waals surface area (Å²) in [5.74, 6) is 0. The van der Waals surface area contributed by atoms with Crippen LogP contribution in [0.15, 0.2) is 23.1 Å². The van der Waals surface area contributed by atoms with Gasteiger partial charge in [0.15, 0.2) is 9.84 Å². The summed E-state index contributed by atoms with van der Waals surface area (Å²) in [6.45, 7) is 0.887. The first-order valence-electron chi connectivity index (χ1n) is 5.78. The maximum Gasteiger partial charge on any atom is 0.177 e. The molecule has 2 rings (SSSR count). The lowest BCUT2D eigenvalue weighted by molar-refractivity contribution is 0.602. The summed E-state index contributed by atoms with van der Waals surface area (Å²) in [6.07, 6.45) is 4.54. The summed E-state index contributed by atoms with van der Waals surface area (Å²) in [6, 6.07) is 5.92. The van der Waals surface area contributed by atoms with Crippen molar-refractivity contribution in [2.45, 2.75) is 30.2 Å². The highest BCUT2D eigenvalue weighted by Crippen LogP contribution is 2.21. The van der Waals surface area contributed by atoms with Gasteiger partial charge in [-0.1, -0.05) is 6.07 Å². The molecule has 1 aliphatic carbocycles. The standard InChI is InChI=1S/C12H18N2O2S/c1-17(15,16)12-8-9(2-5-11(12)13)6-7-14-10-3-4-10/h2,5,8,10,14H,3-4,6-7,13H2,1H3. The van der Waals surface area contributed by atoms with Gasteiger partial charge >= 0.3 is 0 Å². The Morgan fingerprint density at radius 3 is 2.71 bits per heavy atom. The van der Waals surface area contributed by atoms with Crippen molar-refractivity contribution in [3.8, 4) is 0 Å². The number of anilines is 1. The second-order valence-corrected chi connectivity index (χ2v) is 6.61. The molecule has 1 aromatic carbocycles. The van der Waals surface area contributed by atoms with Crippen LogP contribution >= 0.6 is 0 Å². The summed E-state index contributed by atoms with van der Waals surface area (Å²) >= 11 is 0. The Morgan fingerprint density at radius 1 is 1.41 bits per heavy atom. The average molecular weight is 254 g/mol. The molecule has 1 aliphatic rings. The molecule has 0 saturated heterocycles. The first-order chi connectivity index (χ1) is 7.97. The predicted octanol–water partition coefficient (Wildman–Crippen LogP) is 0.967. The van der Waals surface area contributed by atoms with Crippen molar-refractivity contribution in [3.63, 3.8) is 0 Å². The topological polar surface area (TPSA) is 72.2 Å². The Morgan fingerprint density at radius 2 is 2.12 bits per heavy atom. The van der Waals surface area contributed by atoms with Gasteiger partial charge in [-0.05, 0) is 43.5 Å². The maximum atomic E-state index is 11.5. The molecule has 0 atom stereocenters. The summed E-state index contributed by atoms with van der Waals surface area (Å²) in [4.78, 5) is 0.237. The molecule has 0 heterocycles. The number of benzene rings is 1. The third kappa shape index (κ3) is 3.44. The summed E-state index contributed by atoms with van der Waals surface area (Å²) in [7, 11) is -3.23. The molecule has 0 amide bonds. The number of rotatable bonds is 5. The van der Waals surface area contributed by atoms with Gasteiger partial charge in [-0.25, -0.2) is 8.42 Å². The van der Waals surface area contributed by atoms with E-state index in [-0.39, 0.29) is 4.90 Å². The Hall–Kier alpha value is -1.07. The number of hydrogen-bond donors (Lipinski definition) is 2. The smallest absolute Gasteiger partial charge is 0.177 e. The Bertz CT molecular complexity index is 507. The Kier molecular flexibility index (Phi) is 3.40. The summed E-state index contributed by atoms with van der Waals surface area (Å²) < 4.78 is 23.0. The molecular formula is C12H18N2O2S. The van der Waals surface area contributed by atoms with Gasteiger partial charge in [0.2, 0.25) is 0 Å². The van der Waals surface area contributed by atoms with Crippen molar-refractivity contribution in [3.05, 3.63) is 23.8 Å². The van der Waals surface area contributed by atoms with Crippen LogP contribution in [0.5, 0.6) is 0 Å². The fraction of sp³-hybridized carbons (Fsp3) is 0.500. The van der Waals surface area contributed by atoms with Gasteiger partial charge in [-0.2, -0.15) is 0 Å². The fourth-order valence-corrected chi connectivity index (χ4v) is 2.63. The normalized spacial score (nSPS) is 16.1. The molecule has 94 valence electrons. The zero-order valence-electron chi connectivity index (χ0n) is 9.94. The van der Waals surface area contributed by atoms with E-state index in [4.69, 9.17) is 5.73 Å². The number of nitrogens with two attached hydrogens (primary N) is 1. The van der Waals surface area contributed by atoms with Gasteiger partial charge < -0.3 is 11.1 Å². The minimum atomic E-state index is -3.23. The molecule has 1 saturated carbocycles. The van der Waals surface area contributed by atoms with Crippen molar-refractivity contribution in [1.82, 2.24) is 5.32 Å². The van der Waals surface area contributed by atoms with Crippen LogP contribution in [0.3, 0.4) is 0 Å². The Balaban J connectivity index is 2.07. The molecule has 0 bridgehead atoms. The van der Waals surface area contributed by atoms with E-state index in [0.717, 1.165) is 18.5 Å². The number of nitrogen functional groups attached to an aromatic ring is 1. The van der Waals surface area contributed by atoms with Gasteiger partial charge in [-0.3, -0.25) is 0 Å². The molecule has 4 nitrogen and oxygen atoms in total. The SMILES string of the molecule is CS(=O)(=O)c1cc(CCNC2CC2)ccc1N. The Labute approximate surface area is 102 Å². The van der Waals surface area contributed by atoms with E-state index in [0.29, 0.717) is 11.7 Å². The number of hydrogen-bond acceptors (Lipinski definition) is 4. The first kappa shape index (κ1) is 12.4. The van der Waals surface area contributed by atoms with Crippen LogP contribution in [0.1, 0.15) is 18.4 Å². The van der Waals surface area contributed by atoms with Crippen molar-refractivity contribution < 1.29 is 8.42 Å². The molecule has 1 aromatic rings. The van der Waals surface area contributed by atoms with Crippen molar-refractivity contribution in [2.24, 2.45) is 0 Å². The largest absolute Gasteiger partial charge is 0.398 e. The number of nitrogens with one attached hydrogen (secondary N) is 1.